The van der Waals surface area contributed by atoms with Gasteiger partial charge in [0.2, 0.25) is 0 Å². The molecule has 2 atom stereocenters. The summed E-state index contributed by atoms with van der Waals surface area (Å²) in [4.78, 5) is 2.76. The minimum atomic E-state index is -0.378. The zero-order chi connectivity index (χ0) is 21.0. The summed E-state index contributed by atoms with van der Waals surface area (Å²) in [5, 5.41) is 3.80. The van der Waals surface area contributed by atoms with Crippen LogP contribution in [0.4, 0.5) is 0 Å². The molecule has 2 heterocycles. The summed E-state index contributed by atoms with van der Waals surface area (Å²) in [5.41, 5.74) is 2.36. The highest BCUT2D eigenvalue weighted by atomic mass is 35.5. The summed E-state index contributed by atoms with van der Waals surface area (Å²) in [6.07, 6.45) is 2.10. The lowest BCUT2D eigenvalue weighted by molar-refractivity contribution is -0.0878. The first-order valence-electron chi connectivity index (χ1n) is 10.9. The van der Waals surface area contributed by atoms with Gasteiger partial charge in [0.05, 0.1) is 4.58 Å². The lowest BCUT2D eigenvalue weighted by Crippen LogP contribution is -2.61. The number of benzene rings is 2. The molecule has 2 aliphatic rings. The third kappa shape index (κ3) is 5.99. The van der Waals surface area contributed by atoms with Crippen LogP contribution in [-0.4, -0.2) is 46.2 Å². The molecule has 2 aromatic carbocycles. The summed E-state index contributed by atoms with van der Waals surface area (Å²) in [6.45, 7) is 6.81. The fraction of sp³-hybridized carbons (Fsp3) is 0.520. The quantitative estimate of drug-likeness (QED) is 0.476. The number of hydrogen-bond acceptors (Lipinski definition) is 5. The lowest BCUT2D eigenvalue weighted by atomic mass is 9.88. The Kier molecular flexibility index (Phi) is 10.7. The van der Waals surface area contributed by atoms with Gasteiger partial charge >= 0.3 is 0 Å². The molecular weight excluding hydrogens is 479 g/mol. The van der Waals surface area contributed by atoms with E-state index in [0.29, 0.717) is 10.6 Å². The van der Waals surface area contributed by atoms with E-state index >= 15 is 0 Å². The SMILES string of the molecule is COC1(c2ccccc2)CCC(N(Cc2ccccc2)C(C)(C)C2SCCS2)CN1.Cl.Cl. The molecule has 2 aliphatic heterocycles. The molecule has 0 spiro atoms. The van der Waals surface area contributed by atoms with E-state index in [4.69, 9.17) is 4.74 Å². The van der Waals surface area contributed by atoms with Crippen molar-refractivity contribution in [3.05, 3.63) is 71.8 Å². The van der Waals surface area contributed by atoms with Crippen LogP contribution < -0.4 is 5.32 Å². The molecule has 2 unspecified atom stereocenters. The minimum Gasteiger partial charge on any atom is -0.360 e. The average molecular weight is 516 g/mol. The normalized spacial score (nSPS) is 24.1. The van der Waals surface area contributed by atoms with E-state index in [-0.39, 0.29) is 36.1 Å². The standard InChI is InChI=1S/C25H34N2OS2.2ClH/c1-24(2,23-29-16-17-30-23)27(19-20-10-6-4-7-11-20)22-14-15-25(28-3,26-18-22)21-12-8-5-9-13-21;;/h4-13,22-23,26H,14-19H2,1-3H3;2*1H. The van der Waals surface area contributed by atoms with Crippen LogP contribution in [0, 0.1) is 0 Å². The second-order valence-electron chi connectivity index (χ2n) is 8.81. The lowest BCUT2D eigenvalue weighted by Gasteiger charge is -2.50. The third-order valence-corrected chi connectivity index (χ3v) is 10.3. The number of ether oxygens (including phenoxy) is 1. The van der Waals surface area contributed by atoms with Gasteiger partial charge in [0, 0.05) is 43.3 Å². The van der Waals surface area contributed by atoms with Gasteiger partial charge in [0.1, 0.15) is 5.72 Å². The van der Waals surface area contributed by atoms with Gasteiger partial charge in [-0.1, -0.05) is 60.7 Å². The Hall–Kier alpha value is -0.400. The Labute approximate surface area is 214 Å². The predicted molar refractivity (Wildman–Crippen MR) is 145 cm³/mol. The maximum absolute atomic E-state index is 6.06. The van der Waals surface area contributed by atoms with E-state index in [1.807, 2.05) is 7.11 Å². The van der Waals surface area contributed by atoms with Crippen LogP contribution in [0.3, 0.4) is 0 Å². The average Bonchev–Trinajstić information content (AvgIpc) is 3.35. The number of thioether (sulfide) groups is 2. The van der Waals surface area contributed by atoms with E-state index in [0.717, 1.165) is 25.9 Å². The zero-order valence-corrected chi connectivity index (χ0v) is 22.4. The van der Waals surface area contributed by atoms with Gasteiger partial charge in [0.25, 0.3) is 0 Å². The molecule has 0 radical (unpaired) electrons. The Bertz CT molecular complexity index is 796. The van der Waals surface area contributed by atoms with Crippen molar-refractivity contribution in [2.75, 3.05) is 25.2 Å². The van der Waals surface area contributed by atoms with Crippen LogP contribution in [0.2, 0.25) is 0 Å². The first kappa shape index (κ1) is 27.8. The smallest absolute Gasteiger partial charge is 0.145 e. The molecule has 0 aliphatic carbocycles. The van der Waals surface area contributed by atoms with Crippen LogP contribution in [0.25, 0.3) is 0 Å². The molecule has 2 aromatic rings. The second-order valence-corrected chi connectivity index (χ2v) is 11.5. The number of nitrogens with zero attached hydrogens (tertiary/aromatic N) is 1. The molecular formula is C25H36Cl2N2OS2. The van der Waals surface area contributed by atoms with Gasteiger partial charge in [-0.15, -0.1) is 48.3 Å². The minimum absolute atomic E-state index is 0. The molecule has 0 saturated carbocycles. The Balaban J connectivity index is 0.00000181. The van der Waals surface area contributed by atoms with Crippen molar-refractivity contribution in [3.63, 3.8) is 0 Å². The van der Waals surface area contributed by atoms with E-state index in [1.54, 1.807) is 0 Å². The van der Waals surface area contributed by atoms with Gasteiger partial charge < -0.3 is 4.74 Å². The van der Waals surface area contributed by atoms with E-state index in [1.165, 1.54) is 22.6 Å². The number of rotatable bonds is 7. The summed E-state index contributed by atoms with van der Waals surface area (Å²) < 4.78 is 6.67. The third-order valence-electron chi connectivity index (χ3n) is 6.62. The van der Waals surface area contributed by atoms with Crippen LogP contribution in [-0.2, 0) is 17.0 Å². The summed E-state index contributed by atoms with van der Waals surface area (Å²) in [5.74, 6) is 2.53. The van der Waals surface area contributed by atoms with Crippen molar-refractivity contribution < 1.29 is 4.74 Å². The van der Waals surface area contributed by atoms with Crippen molar-refractivity contribution in [3.8, 4) is 0 Å². The topological polar surface area (TPSA) is 24.5 Å². The van der Waals surface area contributed by atoms with Gasteiger partial charge in [-0.2, -0.15) is 0 Å². The van der Waals surface area contributed by atoms with Crippen molar-refractivity contribution >= 4 is 48.3 Å². The largest absolute Gasteiger partial charge is 0.360 e. The Morgan fingerprint density at radius 1 is 1.00 bits per heavy atom. The van der Waals surface area contributed by atoms with E-state index in [2.05, 4.69) is 108 Å². The molecule has 4 rings (SSSR count). The first-order chi connectivity index (χ1) is 14.5. The molecule has 0 aromatic heterocycles. The Morgan fingerprint density at radius 2 is 1.59 bits per heavy atom. The van der Waals surface area contributed by atoms with Crippen molar-refractivity contribution in [1.82, 2.24) is 10.2 Å². The highest BCUT2D eigenvalue weighted by Crippen LogP contribution is 2.44. The summed E-state index contributed by atoms with van der Waals surface area (Å²) in [6, 6.07) is 22.0. The molecule has 0 bridgehead atoms. The molecule has 7 heteroatoms. The molecule has 0 amide bonds. The van der Waals surface area contributed by atoms with Gasteiger partial charge in [0.15, 0.2) is 0 Å². The number of halogens is 2. The number of hydrogen-bond donors (Lipinski definition) is 1. The second kappa shape index (κ2) is 12.3. The maximum atomic E-state index is 6.06. The van der Waals surface area contributed by atoms with E-state index in [9.17, 15) is 0 Å². The molecule has 178 valence electrons. The van der Waals surface area contributed by atoms with E-state index < -0.39 is 0 Å². The van der Waals surface area contributed by atoms with Gasteiger partial charge in [-0.25, -0.2) is 0 Å². The van der Waals surface area contributed by atoms with Crippen molar-refractivity contribution in [2.24, 2.45) is 0 Å². The highest BCUT2D eigenvalue weighted by Gasteiger charge is 2.45. The summed E-state index contributed by atoms with van der Waals surface area (Å²) in [7, 11) is 1.83. The monoisotopic (exact) mass is 514 g/mol. The molecule has 3 nitrogen and oxygen atoms in total. The van der Waals surface area contributed by atoms with Gasteiger partial charge in [-0.3, -0.25) is 10.2 Å². The number of nitrogens with one attached hydrogen (secondary N) is 1. The molecule has 32 heavy (non-hydrogen) atoms. The fourth-order valence-electron chi connectivity index (χ4n) is 4.84. The predicted octanol–water partition coefficient (Wildman–Crippen LogP) is 6.17. The van der Waals surface area contributed by atoms with Crippen LogP contribution in [0.1, 0.15) is 37.8 Å². The van der Waals surface area contributed by atoms with Crippen LogP contribution >= 0.6 is 48.3 Å². The van der Waals surface area contributed by atoms with Crippen molar-refractivity contribution in [2.45, 2.75) is 55.1 Å². The summed E-state index contributed by atoms with van der Waals surface area (Å²) >= 11 is 4.26. The zero-order valence-electron chi connectivity index (χ0n) is 19.2. The Morgan fingerprint density at radius 3 is 2.12 bits per heavy atom. The van der Waals surface area contributed by atoms with Crippen molar-refractivity contribution in [1.29, 1.82) is 0 Å². The molecule has 1 N–H and O–H groups in total. The highest BCUT2D eigenvalue weighted by molar-refractivity contribution is 8.20. The first-order valence-corrected chi connectivity index (χ1v) is 13.0. The number of methoxy groups -OCH3 is 1. The number of piperidine rings is 1. The van der Waals surface area contributed by atoms with Crippen LogP contribution in [0.15, 0.2) is 60.7 Å². The maximum Gasteiger partial charge on any atom is 0.145 e. The fourth-order valence-corrected chi connectivity index (χ4v) is 8.09. The molecule has 2 saturated heterocycles. The molecule has 2 fully saturated rings. The van der Waals surface area contributed by atoms with Gasteiger partial charge in [-0.05, 0) is 37.8 Å². The van der Waals surface area contributed by atoms with Crippen LogP contribution in [0.5, 0.6) is 0 Å².